The number of rotatable bonds is 3. The number of allylic oxidation sites excluding steroid dienone is 1. The molecule has 4 unspecified atom stereocenters. The second-order valence-electron chi connectivity index (χ2n) is 7.41. The lowest BCUT2D eigenvalue weighted by Crippen LogP contribution is -2.58. The number of hydrogen-bond acceptors (Lipinski definition) is 4. The van der Waals surface area contributed by atoms with Crippen molar-refractivity contribution in [2.24, 2.45) is 5.92 Å². The summed E-state index contributed by atoms with van der Waals surface area (Å²) in [6.45, 7) is 6.18. The third kappa shape index (κ3) is 3.56. The molecule has 3 aliphatic rings. The van der Waals surface area contributed by atoms with Crippen molar-refractivity contribution < 1.29 is 10.2 Å². The summed E-state index contributed by atoms with van der Waals surface area (Å²) in [7, 11) is 0. The van der Waals surface area contributed by atoms with Gasteiger partial charge in [-0.1, -0.05) is 18.6 Å². The van der Waals surface area contributed by atoms with Crippen LogP contribution < -0.4 is 0 Å². The summed E-state index contributed by atoms with van der Waals surface area (Å²) in [6.07, 6.45) is 6.84. The highest BCUT2D eigenvalue weighted by Gasteiger charge is 2.47. The highest BCUT2D eigenvalue weighted by atomic mass is 35.5. The molecule has 2 aromatic rings. The van der Waals surface area contributed by atoms with Crippen molar-refractivity contribution in [2.45, 2.75) is 44.8 Å². The molecule has 27 heavy (non-hydrogen) atoms. The molecule has 3 fully saturated rings. The number of piperidine rings is 3. The summed E-state index contributed by atoms with van der Waals surface area (Å²) in [4.78, 5) is 6.84. The van der Waals surface area contributed by atoms with Gasteiger partial charge in [0.25, 0.3) is 0 Å². The maximum absolute atomic E-state index is 11.8. The topological polar surface area (TPSA) is 56.6 Å². The van der Waals surface area contributed by atoms with E-state index in [4.69, 9.17) is 0 Å². The third-order valence-electron chi connectivity index (χ3n) is 6.28. The zero-order valence-corrected chi connectivity index (χ0v) is 17.4. The Morgan fingerprint density at radius 2 is 2.07 bits per heavy atom. The number of nitrogens with zero attached hydrogens (tertiary/aromatic N) is 2. The number of benzene rings is 1. The number of aromatic hydroxyl groups is 1. The van der Waals surface area contributed by atoms with E-state index in [9.17, 15) is 10.2 Å². The Kier molecular flexibility index (Phi) is 6.80. The van der Waals surface area contributed by atoms with E-state index in [1.165, 1.54) is 12.0 Å². The number of halogens is 2. The Morgan fingerprint density at radius 3 is 2.70 bits per heavy atom. The fourth-order valence-electron chi connectivity index (χ4n) is 4.84. The molecule has 0 spiro atoms. The second kappa shape index (κ2) is 8.36. The first-order valence-corrected chi connectivity index (χ1v) is 9.26. The monoisotopic (exact) mass is 410 g/mol. The molecule has 6 heteroatoms. The number of phenolic OH excluding ortho intramolecular Hbond substituents is 1. The Hall–Kier alpha value is -1.33. The molecule has 0 amide bonds. The molecule has 0 radical (unpaired) electrons. The van der Waals surface area contributed by atoms with Gasteiger partial charge in [-0.15, -0.1) is 24.8 Å². The maximum Gasteiger partial charge on any atom is 0.116 e. The number of aliphatic hydroxyl groups is 1. The number of fused-ring (bicyclic) bond motifs is 4. The first-order valence-electron chi connectivity index (χ1n) is 9.26. The van der Waals surface area contributed by atoms with E-state index in [0.717, 1.165) is 36.0 Å². The van der Waals surface area contributed by atoms with Crippen LogP contribution >= 0.6 is 24.8 Å². The zero-order valence-electron chi connectivity index (χ0n) is 15.8. The number of phenols is 1. The van der Waals surface area contributed by atoms with Crippen LogP contribution in [-0.2, 0) is 5.60 Å². The quantitative estimate of drug-likeness (QED) is 0.735. The standard InChI is InChI=1S/C21H26N2O2.2ClH/c1-3-14-13-23-10-8-15(14)11-20(23)21(25,4-2)18-7-9-22-19-6-5-16(24)12-17(18)19;;/h3,5-7,9,12,15,20,24-25H,4,8,10-11,13H2,1-2H3;2*1H/b14-3-;;. The molecule has 2 N–H and O–H groups in total. The van der Waals surface area contributed by atoms with E-state index in [0.29, 0.717) is 12.3 Å². The lowest BCUT2D eigenvalue weighted by atomic mass is 9.70. The van der Waals surface area contributed by atoms with Crippen molar-refractivity contribution in [3.63, 3.8) is 0 Å². The van der Waals surface area contributed by atoms with Gasteiger partial charge in [0.15, 0.2) is 0 Å². The lowest BCUT2D eigenvalue weighted by molar-refractivity contribution is -0.0867. The highest BCUT2D eigenvalue weighted by Crippen LogP contribution is 2.45. The highest BCUT2D eigenvalue weighted by molar-refractivity contribution is 5.86. The molecule has 4 atom stereocenters. The normalized spacial score (nSPS) is 27.7. The number of hydrogen-bond donors (Lipinski definition) is 2. The Bertz CT molecular complexity index is 842. The minimum Gasteiger partial charge on any atom is -0.508 e. The van der Waals surface area contributed by atoms with Crippen LogP contribution in [0.2, 0.25) is 0 Å². The number of aromatic nitrogens is 1. The van der Waals surface area contributed by atoms with Crippen molar-refractivity contribution in [1.82, 2.24) is 9.88 Å². The van der Waals surface area contributed by atoms with Crippen molar-refractivity contribution in [3.8, 4) is 5.75 Å². The molecule has 3 saturated heterocycles. The summed E-state index contributed by atoms with van der Waals surface area (Å²) < 4.78 is 0. The third-order valence-corrected chi connectivity index (χ3v) is 6.28. The van der Waals surface area contributed by atoms with Gasteiger partial charge in [-0.3, -0.25) is 9.88 Å². The molecule has 5 rings (SSSR count). The molecule has 0 saturated carbocycles. The summed E-state index contributed by atoms with van der Waals surface area (Å²) >= 11 is 0. The summed E-state index contributed by atoms with van der Waals surface area (Å²) in [6, 6.07) is 7.22. The molecule has 1 aromatic carbocycles. The largest absolute Gasteiger partial charge is 0.508 e. The van der Waals surface area contributed by atoms with E-state index in [1.807, 2.05) is 12.1 Å². The SMILES string of the molecule is C/C=C1/CN2CCC1CC2C(O)(CC)c1ccnc2ccc(O)cc12.Cl.Cl. The van der Waals surface area contributed by atoms with Gasteiger partial charge in [0.1, 0.15) is 11.4 Å². The van der Waals surface area contributed by atoms with Crippen LogP contribution in [0.4, 0.5) is 0 Å². The van der Waals surface area contributed by atoms with Gasteiger partial charge in [0.05, 0.1) is 5.52 Å². The molecule has 3 aliphatic heterocycles. The van der Waals surface area contributed by atoms with Crippen LogP contribution in [0.5, 0.6) is 5.75 Å². The minimum atomic E-state index is -0.938. The summed E-state index contributed by atoms with van der Waals surface area (Å²) in [5, 5.41) is 22.6. The van der Waals surface area contributed by atoms with Gasteiger partial charge in [0.2, 0.25) is 0 Å². The Labute approximate surface area is 173 Å². The molecule has 148 valence electrons. The lowest BCUT2D eigenvalue weighted by Gasteiger charge is -2.53. The zero-order chi connectivity index (χ0) is 17.6. The van der Waals surface area contributed by atoms with Crippen LogP contribution in [0.25, 0.3) is 10.9 Å². The van der Waals surface area contributed by atoms with Crippen LogP contribution in [-0.4, -0.2) is 39.2 Å². The number of pyridine rings is 1. The van der Waals surface area contributed by atoms with Gasteiger partial charge in [-0.2, -0.15) is 0 Å². The summed E-state index contributed by atoms with van der Waals surface area (Å²) in [5.74, 6) is 0.793. The van der Waals surface area contributed by atoms with Gasteiger partial charge >= 0.3 is 0 Å². The van der Waals surface area contributed by atoms with Gasteiger partial charge in [0, 0.05) is 24.2 Å². The molecular formula is C21H28Cl2N2O2. The van der Waals surface area contributed by atoms with Crippen LogP contribution in [0.1, 0.15) is 38.7 Å². The fourth-order valence-corrected chi connectivity index (χ4v) is 4.84. The first-order chi connectivity index (χ1) is 12.1. The molecule has 4 nitrogen and oxygen atoms in total. The van der Waals surface area contributed by atoms with Gasteiger partial charge in [-0.25, -0.2) is 0 Å². The summed E-state index contributed by atoms with van der Waals surface area (Å²) in [5.41, 5.74) is 2.27. The average molecular weight is 411 g/mol. The maximum atomic E-state index is 11.8. The molecule has 1 aromatic heterocycles. The Balaban J connectivity index is 0.00000131. The van der Waals surface area contributed by atoms with E-state index in [2.05, 4.69) is 29.8 Å². The van der Waals surface area contributed by atoms with Crippen LogP contribution in [0.3, 0.4) is 0 Å². The first kappa shape index (κ1) is 22.0. The molecular weight excluding hydrogens is 383 g/mol. The van der Waals surface area contributed by atoms with Crippen LogP contribution in [0.15, 0.2) is 42.1 Å². The van der Waals surface area contributed by atoms with Gasteiger partial charge < -0.3 is 10.2 Å². The van der Waals surface area contributed by atoms with E-state index in [-0.39, 0.29) is 36.6 Å². The predicted octanol–water partition coefficient (Wildman–Crippen LogP) is 4.42. The van der Waals surface area contributed by atoms with Crippen LogP contribution in [0, 0.1) is 5.92 Å². The van der Waals surface area contributed by atoms with E-state index in [1.54, 1.807) is 18.3 Å². The predicted molar refractivity (Wildman–Crippen MR) is 114 cm³/mol. The molecule has 0 aliphatic carbocycles. The van der Waals surface area contributed by atoms with Crippen molar-refractivity contribution in [2.75, 3.05) is 13.1 Å². The molecule has 4 heterocycles. The second-order valence-corrected chi connectivity index (χ2v) is 7.41. The smallest absolute Gasteiger partial charge is 0.116 e. The van der Waals surface area contributed by atoms with E-state index < -0.39 is 5.60 Å². The van der Waals surface area contributed by atoms with Gasteiger partial charge in [-0.05, 0) is 68.5 Å². The minimum absolute atomic E-state index is 0. The molecule has 2 bridgehead atoms. The van der Waals surface area contributed by atoms with Crippen molar-refractivity contribution >= 4 is 35.7 Å². The average Bonchev–Trinajstić information content (AvgIpc) is 2.67. The van der Waals surface area contributed by atoms with Crippen molar-refractivity contribution in [1.29, 1.82) is 0 Å². The van der Waals surface area contributed by atoms with Crippen molar-refractivity contribution in [3.05, 3.63) is 47.7 Å². The Morgan fingerprint density at radius 1 is 1.30 bits per heavy atom. The van der Waals surface area contributed by atoms with E-state index >= 15 is 0 Å². The fraction of sp³-hybridized carbons (Fsp3) is 0.476.